The molecule has 0 bridgehead atoms. The van der Waals surface area contributed by atoms with Crippen molar-refractivity contribution < 1.29 is 19.2 Å². The molecule has 2 aliphatic rings. The highest BCUT2D eigenvalue weighted by molar-refractivity contribution is 7.59. The van der Waals surface area contributed by atoms with Crippen LogP contribution < -0.4 is 9.80 Å². The second-order valence-corrected chi connectivity index (χ2v) is 4.21. The largest absolute Gasteiger partial charge is 0.269 e. The maximum Gasteiger partial charge on any atom is 0.258 e. The highest BCUT2D eigenvalue weighted by Gasteiger charge is 2.28. The molecule has 0 saturated carbocycles. The Balaban J connectivity index is 0.00000161. The van der Waals surface area contributed by atoms with Gasteiger partial charge in [-0.2, -0.15) is 0 Å². The number of nitrogens with zero attached hydrogens (tertiary/aromatic N) is 2. The van der Waals surface area contributed by atoms with E-state index in [2.05, 4.69) is 0 Å². The van der Waals surface area contributed by atoms with Gasteiger partial charge in [-0.3, -0.25) is 19.2 Å². The number of carbonyl (C=O) groups is 4. The first-order chi connectivity index (χ1) is 9.58. The van der Waals surface area contributed by atoms with E-state index in [4.69, 9.17) is 0 Å². The molecule has 1 aromatic carbocycles. The topological polar surface area (TPSA) is 74.8 Å². The summed E-state index contributed by atoms with van der Waals surface area (Å²) in [6.45, 7) is 0. The lowest BCUT2D eigenvalue weighted by atomic mass is 10.2. The molecular formula is C14H8N2O4S. The molecule has 0 N–H and O–H groups in total. The zero-order valence-corrected chi connectivity index (χ0v) is 11.4. The van der Waals surface area contributed by atoms with Crippen LogP contribution in [0.1, 0.15) is 0 Å². The number of hydrogen-bond acceptors (Lipinski definition) is 4. The summed E-state index contributed by atoms with van der Waals surface area (Å²) in [7, 11) is 0. The van der Waals surface area contributed by atoms with Crippen molar-refractivity contribution in [2.45, 2.75) is 0 Å². The molecule has 0 unspecified atom stereocenters. The number of hydrogen-bond donors (Lipinski definition) is 0. The zero-order valence-electron chi connectivity index (χ0n) is 10.6. The lowest BCUT2D eigenvalue weighted by molar-refractivity contribution is -0.121. The van der Waals surface area contributed by atoms with Gasteiger partial charge in [-0.25, -0.2) is 9.80 Å². The van der Waals surface area contributed by atoms with Crippen LogP contribution in [0.25, 0.3) is 0 Å². The molecule has 0 spiro atoms. The van der Waals surface area contributed by atoms with Crippen LogP contribution >= 0.6 is 13.5 Å². The summed E-state index contributed by atoms with van der Waals surface area (Å²) < 4.78 is 0. The Morgan fingerprint density at radius 3 is 1.29 bits per heavy atom. The summed E-state index contributed by atoms with van der Waals surface area (Å²) in [6.07, 6.45) is 4.68. The molecule has 2 aliphatic heterocycles. The monoisotopic (exact) mass is 300 g/mol. The van der Waals surface area contributed by atoms with Gasteiger partial charge in [-0.1, -0.05) is 6.07 Å². The maximum absolute atomic E-state index is 11.6. The molecule has 4 amide bonds. The summed E-state index contributed by atoms with van der Waals surface area (Å²) >= 11 is 0. The lowest BCUT2D eigenvalue weighted by Gasteiger charge is -2.18. The van der Waals surface area contributed by atoms with Gasteiger partial charge in [-0.15, -0.1) is 0 Å². The molecule has 0 aromatic heterocycles. The third-order valence-electron chi connectivity index (χ3n) is 2.96. The van der Waals surface area contributed by atoms with Crippen molar-refractivity contribution in [3.63, 3.8) is 0 Å². The summed E-state index contributed by atoms with van der Waals surface area (Å²) in [4.78, 5) is 48.4. The Hall–Kier alpha value is -2.67. The number of imide groups is 2. The third-order valence-corrected chi connectivity index (χ3v) is 2.96. The Bertz CT molecular complexity index is 630. The zero-order chi connectivity index (χ0) is 14.3. The minimum absolute atomic E-state index is 0. The van der Waals surface area contributed by atoms with Crippen molar-refractivity contribution >= 4 is 48.5 Å². The molecule has 104 valence electrons. The van der Waals surface area contributed by atoms with Crippen molar-refractivity contribution in [1.29, 1.82) is 0 Å². The minimum atomic E-state index is -0.454. The van der Waals surface area contributed by atoms with Gasteiger partial charge in [0.15, 0.2) is 0 Å². The van der Waals surface area contributed by atoms with Gasteiger partial charge in [0, 0.05) is 37.8 Å². The van der Waals surface area contributed by atoms with Crippen molar-refractivity contribution in [1.82, 2.24) is 0 Å². The van der Waals surface area contributed by atoms with Gasteiger partial charge in [0.05, 0.1) is 11.4 Å². The molecule has 2 radical (unpaired) electrons. The number of carbonyl (C=O) groups excluding carboxylic acids is 4. The molecule has 0 fully saturated rings. The molecule has 0 saturated heterocycles. The Morgan fingerprint density at radius 2 is 0.952 bits per heavy atom. The van der Waals surface area contributed by atoms with E-state index in [-0.39, 0.29) is 13.5 Å². The first kappa shape index (κ1) is 14.7. The van der Waals surface area contributed by atoms with E-state index in [0.717, 1.165) is 9.80 Å². The Labute approximate surface area is 126 Å². The fraction of sp³-hybridized carbons (Fsp3) is 0. The molecular weight excluding hydrogens is 292 g/mol. The predicted octanol–water partition coefficient (Wildman–Crippen LogP) is 1.19. The number of anilines is 2. The normalized spacial score (nSPS) is 17.0. The first-order valence-corrected chi connectivity index (χ1v) is 5.80. The average molecular weight is 300 g/mol. The average Bonchev–Trinajstić information content (AvgIpc) is 2.93. The van der Waals surface area contributed by atoms with Crippen LogP contribution in [0.3, 0.4) is 0 Å². The van der Waals surface area contributed by atoms with Crippen LogP contribution in [0.2, 0.25) is 0 Å². The fourth-order valence-electron chi connectivity index (χ4n) is 2.08. The van der Waals surface area contributed by atoms with Crippen LogP contribution in [0.15, 0.2) is 48.6 Å². The smallest absolute Gasteiger partial charge is 0.258 e. The van der Waals surface area contributed by atoms with Crippen molar-refractivity contribution in [2.24, 2.45) is 0 Å². The SMILES string of the molecule is O=C1C=CC(=O)N1c1cccc(N2C(=O)C=CC2=O)c1.[S]. The van der Waals surface area contributed by atoms with Crippen LogP contribution in [-0.4, -0.2) is 23.6 Å². The van der Waals surface area contributed by atoms with Gasteiger partial charge in [0.2, 0.25) is 0 Å². The van der Waals surface area contributed by atoms with Crippen molar-refractivity contribution in [3.8, 4) is 0 Å². The van der Waals surface area contributed by atoms with E-state index in [1.165, 1.54) is 30.4 Å². The molecule has 7 heteroatoms. The standard InChI is InChI=1S/C14H8N2O4.S/c17-11-4-5-12(18)15(11)9-2-1-3-10(8-9)16-13(19)6-7-14(16)20;/h1-8H;. The molecule has 0 atom stereocenters. The highest BCUT2D eigenvalue weighted by atomic mass is 32.1. The summed E-state index contributed by atoms with van der Waals surface area (Å²) in [5, 5.41) is 0. The number of rotatable bonds is 2. The molecule has 2 heterocycles. The third kappa shape index (κ3) is 2.38. The van der Waals surface area contributed by atoms with E-state index in [0.29, 0.717) is 11.4 Å². The molecule has 21 heavy (non-hydrogen) atoms. The van der Waals surface area contributed by atoms with E-state index >= 15 is 0 Å². The number of benzene rings is 1. The predicted molar refractivity (Wildman–Crippen MR) is 77.3 cm³/mol. The second kappa shape index (κ2) is 5.37. The van der Waals surface area contributed by atoms with Crippen LogP contribution in [0.5, 0.6) is 0 Å². The summed E-state index contributed by atoms with van der Waals surface area (Å²) in [6, 6.07) is 6.14. The van der Waals surface area contributed by atoms with Gasteiger partial charge < -0.3 is 0 Å². The molecule has 1 aromatic rings. The van der Waals surface area contributed by atoms with E-state index in [1.54, 1.807) is 18.2 Å². The maximum atomic E-state index is 11.6. The first-order valence-electron chi connectivity index (χ1n) is 5.80. The van der Waals surface area contributed by atoms with E-state index < -0.39 is 23.6 Å². The van der Waals surface area contributed by atoms with Gasteiger partial charge in [0.1, 0.15) is 0 Å². The lowest BCUT2D eigenvalue weighted by Crippen LogP contribution is -2.31. The summed E-state index contributed by atoms with van der Waals surface area (Å²) in [5.41, 5.74) is 0.630. The highest BCUT2D eigenvalue weighted by Crippen LogP contribution is 2.26. The Kier molecular flexibility index (Phi) is 3.77. The van der Waals surface area contributed by atoms with Crippen LogP contribution in [-0.2, 0) is 19.2 Å². The van der Waals surface area contributed by atoms with Gasteiger partial charge in [-0.05, 0) is 18.2 Å². The minimum Gasteiger partial charge on any atom is -0.269 e. The number of amides is 4. The van der Waals surface area contributed by atoms with E-state index in [1.807, 2.05) is 0 Å². The van der Waals surface area contributed by atoms with E-state index in [9.17, 15) is 19.2 Å². The second-order valence-electron chi connectivity index (χ2n) is 4.21. The quantitative estimate of drug-likeness (QED) is 0.769. The fourth-order valence-corrected chi connectivity index (χ4v) is 2.08. The van der Waals surface area contributed by atoms with Crippen molar-refractivity contribution in [2.75, 3.05) is 9.80 Å². The summed E-state index contributed by atoms with van der Waals surface area (Å²) in [5.74, 6) is -1.82. The van der Waals surface area contributed by atoms with Crippen molar-refractivity contribution in [3.05, 3.63) is 48.6 Å². The van der Waals surface area contributed by atoms with Gasteiger partial charge >= 0.3 is 0 Å². The van der Waals surface area contributed by atoms with Crippen LogP contribution in [0.4, 0.5) is 11.4 Å². The Morgan fingerprint density at radius 1 is 0.619 bits per heavy atom. The van der Waals surface area contributed by atoms with Gasteiger partial charge in [0.25, 0.3) is 23.6 Å². The molecule has 6 nitrogen and oxygen atoms in total. The van der Waals surface area contributed by atoms with Crippen LogP contribution in [0, 0.1) is 0 Å². The molecule has 0 aliphatic carbocycles. The molecule has 3 rings (SSSR count).